The molecule has 1 aromatic carbocycles. The highest BCUT2D eigenvalue weighted by Crippen LogP contribution is 2.44. The molecule has 1 aliphatic rings. The molecule has 90 valence electrons. The van der Waals surface area contributed by atoms with E-state index in [1.54, 1.807) is 12.4 Å². The van der Waals surface area contributed by atoms with Crippen LogP contribution in [0.1, 0.15) is 34.7 Å². The summed E-state index contributed by atoms with van der Waals surface area (Å²) < 4.78 is 0. The van der Waals surface area contributed by atoms with Crippen LogP contribution in [0.15, 0.2) is 54.9 Å². The van der Waals surface area contributed by atoms with Crippen molar-refractivity contribution in [3.05, 3.63) is 66.0 Å². The second-order valence-electron chi connectivity index (χ2n) is 4.83. The van der Waals surface area contributed by atoms with Gasteiger partial charge >= 0.3 is 0 Å². The Bertz CT molecular complexity index is 532. The van der Waals surface area contributed by atoms with Gasteiger partial charge in [0.2, 0.25) is 0 Å². The molecule has 1 aromatic heterocycles. The first kappa shape index (κ1) is 11.1. The van der Waals surface area contributed by atoms with E-state index in [1.165, 1.54) is 0 Å². The molecule has 1 heterocycles. The maximum atomic E-state index is 12.6. The molecule has 18 heavy (non-hydrogen) atoms. The lowest BCUT2D eigenvalue weighted by Gasteiger charge is -2.15. The Morgan fingerprint density at radius 1 is 1.06 bits per heavy atom. The maximum Gasteiger partial charge on any atom is 0.170 e. The van der Waals surface area contributed by atoms with Gasteiger partial charge < -0.3 is 0 Å². The highest BCUT2D eigenvalue weighted by Gasteiger charge is 2.37. The van der Waals surface area contributed by atoms with E-state index in [2.05, 4.69) is 4.98 Å². The molecule has 0 bridgehead atoms. The molecular weight excluding hydrogens is 222 g/mol. The summed E-state index contributed by atoms with van der Waals surface area (Å²) in [6, 6.07) is 13.5. The third kappa shape index (κ3) is 2.19. The summed E-state index contributed by atoms with van der Waals surface area (Å²) in [6.07, 6.45) is 5.85. The number of rotatable bonds is 4. The van der Waals surface area contributed by atoms with Crippen molar-refractivity contribution < 1.29 is 4.79 Å². The predicted molar refractivity (Wildman–Crippen MR) is 70.5 cm³/mol. The number of carbonyl (C=O) groups excluding carboxylic acids is 1. The van der Waals surface area contributed by atoms with E-state index < -0.39 is 0 Å². The summed E-state index contributed by atoms with van der Waals surface area (Å²) in [4.78, 5) is 16.6. The van der Waals surface area contributed by atoms with Crippen LogP contribution in [0.25, 0.3) is 0 Å². The van der Waals surface area contributed by atoms with Crippen LogP contribution in [0.5, 0.6) is 0 Å². The Morgan fingerprint density at radius 3 is 2.33 bits per heavy atom. The smallest absolute Gasteiger partial charge is 0.170 e. The van der Waals surface area contributed by atoms with E-state index in [0.717, 1.165) is 24.0 Å². The van der Waals surface area contributed by atoms with Crippen molar-refractivity contribution in [2.75, 3.05) is 0 Å². The minimum absolute atomic E-state index is 0.00963. The second-order valence-corrected chi connectivity index (χ2v) is 4.83. The molecule has 2 nitrogen and oxygen atoms in total. The highest BCUT2D eigenvalue weighted by atomic mass is 16.1. The Hall–Kier alpha value is -1.96. The van der Waals surface area contributed by atoms with E-state index in [-0.39, 0.29) is 11.7 Å². The zero-order valence-electron chi connectivity index (χ0n) is 10.1. The van der Waals surface area contributed by atoms with E-state index >= 15 is 0 Å². The van der Waals surface area contributed by atoms with Crippen LogP contribution >= 0.6 is 0 Å². The first-order valence-corrected chi connectivity index (χ1v) is 6.35. The quantitative estimate of drug-likeness (QED) is 0.762. The van der Waals surface area contributed by atoms with Crippen molar-refractivity contribution >= 4 is 5.78 Å². The molecule has 1 atom stereocenters. The Labute approximate surface area is 107 Å². The average Bonchev–Trinajstić information content (AvgIpc) is 3.26. The molecule has 2 aromatic rings. The monoisotopic (exact) mass is 237 g/mol. The van der Waals surface area contributed by atoms with Gasteiger partial charge in [0.05, 0.1) is 5.92 Å². The van der Waals surface area contributed by atoms with Crippen LogP contribution < -0.4 is 0 Å². The standard InChI is InChI=1S/C16H15NO/c18-16(14-4-2-1-3-5-14)15(12-6-7-12)13-8-10-17-11-9-13/h1-5,8-12,15H,6-7H2. The Morgan fingerprint density at radius 2 is 1.72 bits per heavy atom. The molecule has 0 aliphatic heterocycles. The topological polar surface area (TPSA) is 30.0 Å². The van der Waals surface area contributed by atoms with Crippen LogP contribution in [0, 0.1) is 5.92 Å². The van der Waals surface area contributed by atoms with Gasteiger partial charge in [-0.2, -0.15) is 0 Å². The van der Waals surface area contributed by atoms with Crippen molar-refractivity contribution in [2.45, 2.75) is 18.8 Å². The highest BCUT2D eigenvalue weighted by molar-refractivity contribution is 6.01. The third-order valence-corrected chi connectivity index (χ3v) is 3.50. The Balaban J connectivity index is 1.94. The summed E-state index contributed by atoms with van der Waals surface area (Å²) in [6.45, 7) is 0. The molecule has 0 spiro atoms. The van der Waals surface area contributed by atoms with Crippen molar-refractivity contribution in [1.82, 2.24) is 4.98 Å². The van der Waals surface area contributed by atoms with Crippen LogP contribution in [-0.4, -0.2) is 10.8 Å². The number of hydrogen-bond donors (Lipinski definition) is 0. The summed E-state index contributed by atoms with van der Waals surface area (Å²) in [7, 11) is 0. The normalized spacial score (nSPS) is 16.2. The number of aromatic nitrogens is 1. The number of ketones is 1. The van der Waals surface area contributed by atoms with Gasteiger partial charge in [-0.25, -0.2) is 0 Å². The maximum absolute atomic E-state index is 12.6. The number of Topliss-reactive ketones (excluding diaryl/α,β-unsaturated/α-hetero) is 1. The fourth-order valence-corrected chi connectivity index (χ4v) is 2.42. The lowest BCUT2D eigenvalue weighted by atomic mass is 9.87. The molecule has 1 saturated carbocycles. The number of nitrogens with zero attached hydrogens (tertiary/aromatic N) is 1. The number of carbonyl (C=O) groups is 1. The fraction of sp³-hybridized carbons (Fsp3) is 0.250. The largest absolute Gasteiger partial charge is 0.293 e. The van der Waals surface area contributed by atoms with E-state index in [0.29, 0.717) is 5.92 Å². The first-order valence-electron chi connectivity index (χ1n) is 6.35. The minimum Gasteiger partial charge on any atom is -0.293 e. The van der Waals surface area contributed by atoms with Gasteiger partial charge in [-0.15, -0.1) is 0 Å². The molecular formula is C16H15NO. The summed E-state index contributed by atoms with van der Waals surface area (Å²) in [5, 5.41) is 0. The van der Waals surface area contributed by atoms with Gasteiger partial charge in [0.1, 0.15) is 0 Å². The molecule has 0 N–H and O–H groups in total. The van der Waals surface area contributed by atoms with Crippen LogP contribution in [0.2, 0.25) is 0 Å². The number of hydrogen-bond acceptors (Lipinski definition) is 2. The lowest BCUT2D eigenvalue weighted by molar-refractivity contribution is 0.0949. The zero-order chi connectivity index (χ0) is 12.4. The van der Waals surface area contributed by atoms with Crippen LogP contribution in [0.4, 0.5) is 0 Å². The average molecular weight is 237 g/mol. The summed E-state index contributed by atoms with van der Waals surface area (Å²) in [5.41, 5.74) is 1.91. The van der Waals surface area contributed by atoms with E-state index in [9.17, 15) is 4.79 Å². The lowest BCUT2D eigenvalue weighted by Crippen LogP contribution is -2.15. The van der Waals surface area contributed by atoms with Crippen LogP contribution in [0.3, 0.4) is 0 Å². The number of benzene rings is 1. The summed E-state index contributed by atoms with van der Waals surface area (Å²) in [5.74, 6) is 0.764. The predicted octanol–water partition coefficient (Wildman–Crippen LogP) is 3.46. The van der Waals surface area contributed by atoms with Crippen molar-refractivity contribution in [1.29, 1.82) is 0 Å². The van der Waals surface area contributed by atoms with E-state index in [1.807, 2.05) is 42.5 Å². The first-order chi connectivity index (χ1) is 8.86. The van der Waals surface area contributed by atoms with Gasteiger partial charge in [-0.05, 0) is 36.5 Å². The van der Waals surface area contributed by atoms with Gasteiger partial charge in [0.25, 0.3) is 0 Å². The van der Waals surface area contributed by atoms with Crippen LogP contribution in [-0.2, 0) is 0 Å². The van der Waals surface area contributed by atoms with Crippen molar-refractivity contribution in [2.24, 2.45) is 5.92 Å². The second kappa shape index (κ2) is 4.73. The molecule has 1 aliphatic carbocycles. The molecule has 0 amide bonds. The van der Waals surface area contributed by atoms with E-state index in [4.69, 9.17) is 0 Å². The van der Waals surface area contributed by atoms with Crippen molar-refractivity contribution in [3.8, 4) is 0 Å². The SMILES string of the molecule is O=C(c1ccccc1)C(c1ccncc1)C1CC1. The molecule has 3 rings (SSSR count). The molecule has 1 unspecified atom stereocenters. The molecule has 1 fully saturated rings. The van der Waals surface area contributed by atoms with Crippen molar-refractivity contribution in [3.63, 3.8) is 0 Å². The van der Waals surface area contributed by atoms with Gasteiger partial charge in [-0.1, -0.05) is 30.3 Å². The van der Waals surface area contributed by atoms with Gasteiger partial charge in [-0.3, -0.25) is 9.78 Å². The Kier molecular flexibility index (Phi) is 2.93. The summed E-state index contributed by atoms with van der Waals surface area (Å²) >= 11 is 0. The number of pyridine rings is 1. The molecule has 0 radical (unpaired) electrons. The third-order valence-electron chi connectivity index (χ3n) is 3.50. The molecule has 2 heteroatoms. The fourth-order valence-electron chi connectivity index (χ4n) is 2.42. The van der Waals surface area contributed by atoms with Gasteiger partial charge in [0, 0.05) is 18.0 Å². The van der Waals surface area contributed by atoms with Gasteiger partial charge in [0.15, 0.2) is 5.78 Å². The minimum atomic E-state index is 0.00963. The molecule has 0 saturated heterocycles. The zero-order valence-corrected chi connectivity index (χ0v) is 10.1.